The average molecular weight is 375 g/mol. The van der Waals surface area contributed by atoms with Crippen molar-refractivity contribution < 1.29 is 9.53 Å². The second-order valence-corrected chi connectivity index (χ2v) is 6.92. The van der Waals surface area contributed by atoms with Crippen LogP contribution in [0.3, 0.4) is 0 Å². The minimum atomic E-state index is -0.361. The minimum Gasteiger partial charge on any atom is -0.494 e. The molecule has 0 N–H and O–H groups in total. The van der Waals surface area contributed by atoms with E-state index in [1.54, 1.807) is 36.1 Å². The van der Waals surface area contributed by atoms with E-state index in [-0.39, 0.29) is 11.0 Å². The van der Waals surface area contributed by atoms with Crippen LogP contribution >= 0.6 is 23.4 Å². The van der Waals surface area contributed by atoms with Gasteiger partial charge in [0.25, 0.3) is 0 Å². The van der Waals surface area contributed by atoms with E-state index >= 15 is 0 Å². The van der Waals surface area contributed by atoms with Crippen LogP contribution < -0.4 is 4.74 Å². The van der Waals surface area contributed by atoms with Crippen molar-refractivity contribution in [2.45, 2.75) is 17.3 Å². The highest BCUT2D eigenvalue weighted by Crippen LogP contribution is 2.29. The number of nitrogens with zero attached hydrogens (tertiary/aromatic N) is 4. The molecule has 2 aromatic carbocycles. The smallest absolute Gasteiger partial charge is 0.214 e. The summed E-state index contributed by atoms with van der Waals surface area (Å²) < 4.78 is 6.92. The van der Waals surface area contributed by atoms with E-state index < -0.39 is 0 Å². The number of carbonyl (C=O) groups is 1. The van der Waals surface area contributed by atoms with Gasteiger partial charge >= 0.3 is 0 Å². The number of halogens is 1. The van der Waals surface area contributed by atoms with Crippen LogP contribution in [-0.2, 0) is 0 Å². The number of benzene rings is 2. The molecule has 8 heteroatoms. The van der Waals surface area contributed by atoms with Crippen molar-refractivity contribution in [3.05, 3.63) is 59.1 Å². The number of carbonyl (C=O) groups excluding carboxylic acids is 1. The number of ketones is 1. The van der Waals surface area contributed by atoms with E-state index in [1.807, 2.05) is 31.2 Å². The lowest BCUT2D eigenvalue weighted by atomic mass is 10.1. The summed E-state index contributed by atoms with van der Waals surface area (Å²) in [4.78, 5) is 12.6. The molecule has 1 atom stereocenters. The molecule has 1 heterocycles. The zero-order valence-electron chi connectivity index (χ0n) is 13.6. The molecule has 0 bridgehead atoms. The van der Waals surface area contributed by atoms with Crippen molar-refractivity contribution in [1.82, 2.24) is 20.2 Å². The average Bonchev–Trinajstić information content (AvgIpc) is 3.09. The molecule has 0 aliphatic rings. The molecule has 0 saturated carbocycles. The molecule has 1 unspecified atom stereocenters. The Hall–Kier alpha value is -2.38. The van der Waals surface area contributed by atoms with Gasteiger partial charge in [-0.2, -0.15) is 4.68 Å². The van der Waals surface area contributed by atoms with Gasteiger partial charge in [0.1, 0.15) is 11.4 Å². The summed E-state index contributed by atoms with van der Waals surface area (Å²) in [6, 6.07) is 14.2. The van der Waals surface area contributed by atoms with Crippen LogP contribution in [0.25, 0.3) is 5.69 Å². The van der Waals surface area contributed by atoms with Crippen LogP contribution in [0.4, 0.5) is 0 Å². The highest BCUT2D eigenvalue weighted by atomic mass is 35.5. The van der Waals surface area contributed by atoms with Crippen molar-refractivity contribution in [2.75, 3.05) is 7.11 Å². The monoisotopic (exact) mass is 374 g/mol. The van der Waals surface area contributed by atoms with Crippen molar-refractivity contribution in [1.29, 1.82) is 0 Å². The number of hydrogen-bond acceptors (Lipinski definition) is 6. The lowest BCUT2D eigenvalue weighted by molar-refractivity contribution is 0.0994. The van der Waals surface area contributed by atoms with Crippen molar-refractivity contribution >= 4 is 29.1 Å². The number of tetrazole rings is 1. The Kier molecular flexibility index (Phi) is 5.35. The predicted molar refractivity (Wildman–Crippen MR) is 96.8 cm³/mol. The third kappa shape index (κ3) is 3.83. The molecule has 0 fully saturated rings. The van der Waals surface area contributed by atoms with E-state index in [0.717, 1.165) is 0 Å². The van der Waals surface area contributed by atoms with Crippen LogP contribution in [-0.4, -0.2) is 38.4 Å². The molecular formula is C17H15ClN4O2S. The molecule has 25 heavy (non-hydrogen) atoms. The molecule has 0 saturated heterocycles. The van der Waals surface area contributed by atoms with Crippen LogP contribution in [0.15, 0.2) is 53.7 Å². The maximum atomic E-state index is 12.6. The normalized spacial score (nSPS) is 12.0. The minimum absolute atomic E-state index is 0.0174. The molecular weight excluding hydrogens is 360 g/mol. The number of thioether (sulfide) groups is 1. The second kappa shape index (κ2) is 7.67. The first-order valence-electron chi connectivity index (χ1n) is 7.48. The van der Waals surface area contributed by atoms with E-state index in [1.165, 1.54) is 11.8 Å². The molecule has 0 aliphatic heterocycles. The molecule has 0 aliphatic carbocycles. The predicted octanol–water partition coefficient (Wildman–Crippen LogP) is 3.69. The first-order valence-corrected chi connectivity index (χ1v) is 8.74. The lowest BCUT2D eigenvalue weighted by Crippen LogP contribution is -2.14. The third-order valence-corrected chi connectivity index (χ3v) is 4.82. The van der Waals surface area contributed by atoms with Gasteiger partial charge in [-0.25, -0.2) is 0 Å². The number of methoxy groups -OCH3 is 1. The number of para-hydroxylation sites is 2. The summed E-state index contributed by atoms with van der Waals surface area (Å²) in [5.74, 6) is 0.629. The van der Waals surface area contributed by atoms with Crippen LogP contribution in [0, 0.1) is 0 Å². The van der Waals surface area contributed by atoms with Crippen molar-refractivity contribution in [2.24, 2.45) is 0 Å². The first kappa shape index (κ1) is 17.4. The highest BCUT2D eigenvalue weighted by Gasteiger charge is 2.21. The number of hydrogen-bond donors (Lipinski definition) is 0. The fourth-order valence-electron chi connectivity index (χ4n) is 2.27. The lowest BCUT2D eigenvalue weighted by Gasteiger charge is -2.12. The van der Waals surface area contributed by atoms with E-state index in [0.29, 0.717) is 27.2 Å². The van der Waals surface area contributed by atoms with Crippen LogP contribution in [0.5, 0.6) is 5.75 Å². The van der Waals surface area contributed by atoms with E-state index in [9.17, 15) is 4.79 Å². The van der Waals surface area contributed by atoms with Crippen LogP contribution in [0.1, 0.15) is 17.3 Å². The SMILES string of the molecule is COc1ccccc1-n1nnnc1SC(C)C(=O)c1ccc(Cl)cc1. The van der Waals surface area contributed by atoms with Gasteiger partial charge in [-0.15, -0.1) is 5.10 Å². The molecule has 0 amide bonds. The Balaban J connectivity index is 1.83. The summed E-state index contributed by atoms with van der Waals surface area (Å²) in [6.45, 7) is 1.82. The third-order valence-electron chi connectivity index (χ3n) is 3.53. The zero-order chi connectivity index (χ0) is 17.8. The molecule has 0 spiro atoms. The van der Waals surface area contributed by atoms with Gasteiger partial charge in [-0.1, -0.05) is 35.5 Å². The summed E-state index contributed by atoms with van der Waals surface area (Å²) >= 11 is 7.16. The molecule has 128 valence electrons. The Morgan fingerprint density at radius 2 is 1.92 bits per heavy atom. The molecule has 3 aromatic rings. The Bertz CT molecular complexity index is 882. The standard InChI is InChI=1S/C17H15ClN4O2S/c1-11(16(23)12-7-9-13(18)10-8-12)25-17-19-20-21-22(17)14-5-3-4-6-15(14)24-2/h3-11H,1-2H3. The molecule has 1 aromatic heterocycles. The van der Waals surface area contributed by atoms with Crippen molar-refractivity contribution in [3.8, 4) is 11.4 Å². The summed E-state index contributed by atoms with van der Waals surface area (Å²) in [5, 5.41) is 12.5. The number of aromatic nitrogens is 4. The number of rotatable bonds is 6. The van der Waals surface area contributed by atoms with Gasteiger partial charge < -0.3 is 4.74 Å². The Morgan fingerprint density at radius 1 is 1.20 bits per heavy atom. The Morgan fingerprint density at radius 3 is 2.64 bits per heavy atom. The van der Waals surface area contributed by atoms with E-state index in [4.69, 9.17) is 16.3 Å². The fraction of sp³-hybridized carbons (Fsp3) is 0.176. The van der Waals surface area contributed by atoms with Gasteiger partial charge in [-0.05, 0) is 53.7 Å². The zero-order valence-corrected chi connectivity index (χ0v) is 15.2. The van der Waals surface area contributed by atoms with Crippen LogP contribution in [0.2, 0.25) is 5.02 Å². The topological polar surface area (TPSA) is 69.9 Å². The summed E-state index contributed by atoms with van der Waals surface area (Å²) in [7, 11) is 1.59. The van der Waals surface area contributed by atoms with Gasteiger partial charge in [0.05, 0.1) is 12.4 Å². The van der Waals surface area contributed by atoms with Gasteiger partial charge in [0, 0.05) is 10.6 Å². The quantitative estimate of drug-likeness (QED) is 0.484. The molecule has 3 rings (SSSR count). The number of ether oxygens (including phenoxy) is 1. The van der Waals surface area contributed by atoms with E-state index in [2.05, 4.69) is 15.5 Å². The fourth-order valence-corrected chi connectivity index (χ4v) is 3.27. The first-order chi connectivity index (χ1) is 12.1. The summed E-state index contributed by atoms with van der Waals surface area (Å²) in [6.07, 6.45) is 0. The highest BCUT2D eigenvalue weighted by molar-refractivity contribution is 8.00. The van der Waals surface area contributed by atoms with Gasteiger partial charge in [0.2, 0.25) is 5.16 Å². The number of Topliss-reactive ketones (excluding diaryl/α,β-unsaturated/α-hetero) is 1. The maximum Gasteiger partial charge on any atom is 0.214 e. The van der Waals surface area contributed by atoms with Crippen molar-refractivity contribution in [3.63, 3.8) is 0 Å². The Labute approximate surface area is 154 Å². The summed E-state index contributed by atoms with van der Waals surface area (Å²) in [5.41, 5.74) is 1.31. The van der Waals surface area contributed by atoms with Gasteiger partial charge in [0.15, 0.2) is 5.78 Å². The maximum absolute atomic E-state index is 12.6. The van der Waals surface area contributed by atoms with Gasteiger partial charge in [-0.3, -0.25) is 4.79 Å². The second-order valence-electron chi connectivity index (χ2n) is 5.18. The molecule has 6 nitrogen and oxygen atoms in total. The largest absolute Gasteiger partial charge is 0.494 e. The molecule has 0 radical (unpaired) electrons.